The van der Waals surface area contributed by atoms with Crippen molar-refractivity contribution < 1.29 is 0 Å². The van der Waals surface area contributed by atoms with Gasteiger partial charge in [-0.2, -0.15) is 0 Å². The summed E-state index contributed by atoms with van der Waals surface area (Å²) in [6.45, 7) is 14.0. The zero-order chi connectivity index (χ0) is 10.6. The van der Waals surface area contributed by atoms with Crippen molar-refractivity contribution >= 4 is 0 Å². The van der Waals surface area contributed by atoms with Crippen LogP contribution in [0.4, 0.5) is 0 Å². The summed E-state index contributed by atoms with van der Waals surface area (Å²) < 4.78 is 0. The van der Waals surface area contributed by atoms with Gasteiger partial charge in [0.15, 0.2) is 0 Å². The SMILES string of the molecule is CCN(CC)CC1NCCCC1(C)C. The summed E-state index contributed by atoms with van der Waals surface area (Å²) in [6, 6.07) is 0.677. The monoisotopic (exact) mass is 198 g/mol. The molecule has 84 valence electrons. The van der Waals surface area contributed by atoms with Crippen LogP contribution in [0, 0.1) is 5.41 Å². The summed E-state index contributed by atoms with van der Waals surface area (Å²) in [5, 5.41) is 3.67. The lowest BCUT2D eigenvalue weighted by molar-refractivity contribution is 0.132. The topological polar surface area (TPSA) is 15.3 Å². The maximum atomic E-state index is 3.67. The molecule has 0 aromatic heterocycles. The maximum absolute atomic E-state index is 3.67. The van der Waals surface area contributed by atoms with Gasteiger partial charge in [-0.1, -0.05) is 27.7 Å². The Kier molecular flexibility index (Phi) is 4.39. The van der Waals surface area contributed by atoms with E-state index in [1.165, 1.54) is 39.0 Å². The molecule has 0 saturated carbocycles. The average molecular weight is 198 g/mol. The highest BCUT2D eigenvalue weighted by Gasteiger charge is 2.32. The van der Waals surface area contributed by atoms with Gasteiger partial charge in [-0.05, 0) is 37.9 Å². The van der Waals surface area contributed by atoms with E-state index in [1.54, 1.807) is 0 Å². The molecule has 0 aromatic carbocycles. The molecule has 1 fully saturated rings. The minimum atomic E-state index is 0.473. The van der Waals surface area contributed by atoms with Crippen LogP contribution in [0.2, 0.25) is 0 Å². The molecule has 1 aliphatic rings. The lowest BCUT2D eigenvalue weighted by atomic mass is 9.77. The van der Waals surface area contributed by atoms with E-state index >= 15 is 0 Å². The number of hydrogen-bond acceptors (Lipinski definition) is 2. The van der Waals surface area contributed by atoms with Gasteiger partial charge in [0.25, 0.3) is 0 Å². The number of likely N-dealkylation sites (N-methyl/N-ethyl adjacent to an activating group) is 1. The summed E-state index contributed by atoms with van der Waals surface area (Å²) in [7, 11) is 0. The summed E-state index contributed by atoms with van der Waals surface area (Å²) in [6.07, 6.45) is 2.70. The second-order valence-corrected chi connectivity index (χ2v) is 5.08. The minimum absolute atomic E-state index is 0.473. The molecule has 0 amide bonds. The predicted octanol–water partition coefficient (Wildman–Crippen LogP) is 2.11. The molecule has 2 nitrogen and oxygen atoms in total. The summed E-state index contributed by atoms with van der Waals surface area (Å²) in [5.74, 6) is 0. The van der Waals surface area contributed by atoms with Gasteiger partial charge in [0, 0.05) is 12.6 Å². The lowest BCUT2D eigenvalue weighted by Crippen LogP contribution is -2.52. The van der Waals surface area contributed by atoms with E-state index in [2.05, 4.69) is 37.9 Å². The van der Waals surface area contributed by atoms with Gasteiger partial charge in [0.05, 0.1) is 0 Å². The molecule has 0 aliphatic carbocycles. The van der Waals surface area contributed by atoms with Crippen LogP contribution in [0.1, 0.15) is 40.5 Å². The van der Waals surface area contributed by atoms with Gasteiger partial charge in [-0.3, -0.25) is 0 Å². The Bertz CT molecular complexity index is 162. The van der Waals surface area contributed by atoms with Gasteiger partial charge in [0.1, 0.15) is 0 Å². The third-order valence-electron chi connectivity index (χ3n) is 3.67. The van der Waals surface area contributed by atoms with E-state index in [1.807, 2.05) is 0 Å². The molecular formula is C12H26N2. The van der Waals surface area contributed by atoms with Gasteiger partial charge in [-0.15, -0.1) is 0 Å². The Morgan fingerprint density at radius 1 is 1.29 bits per heavy atom. The second kappa shape index (κ2) is 5.13. The predicted molar refractivity (Wildman–Crippen MR) is 62.6 cm³/mol. The molecular weight excluding hydrogens is 172 g/mol. The zero-order valence-corrected chi connectivity index (χ0v) is 10.3. The van der Waals surface area contributed by atoms with Crippen LogP contribution < -0.4 is 5.32 Å². The summed E-state index contributed by atoms with van der Waals surface area (Å²) in [4.78, 5) is 2.52. The molecule has 0 bridgehead atoms. The van der Waals surface area contributed by atoms with Crippen LogP contribution in [0.3, 0.4) is 0 Å². The van der Waals surface area contributed by atoms with Crippen LogP contribution in [0.15, 0.2) is 0 Å². The van der Waals surface area contributed by atoms with Crippen LogP contribution in [0.5, 0.6) is 0 Å². The fraction of sp³-hybridized carbons (Fsp3) is 1.00. The number of rotatable bonds is 4. The molecule has 1 rings (SSSR count). The van der Waals surface area contributed by atoms with Crippen molar-refractivity contribution in [3.63, 3.8) is 0 Å². The molecule has 0 radical (unpaired) electrons. The first-order chi connectivity index (χ1) is 6.60. The number of piperidine rings is 1. The highest BCUT2D eigenvalue weighted by molar-refractivity contribution is 4.89. The van der Waals surface area contributed by atoms with Crippen molar-refractivity contribution in [3.8, 4) is 0 Å². The van der Waals surface area contributed by atoms with E-state index in [-0.39, 0.29) is 0 Å². The largest absolute Gasteiger partial charge is 0.312 e. The van der Waals surface area contributed by atoms with Crippen LogP contribution in [-0.4, -0.2) is 37.1 Å². The Balaban J connectivity index is 2.48. The van der Waals surface area contributed by atoms with Crippen LogP contribution >= 0.6 is 0 Å². The first-order valence-corrected chi connectivity index (χ1v) is 6.06. The molecule has 1 aliphatic heterocycles. The normalized spacial score (nSPS) is 26.8. The van der Waals surface area contributed by atoms with Crippen LogP contribution in [0.25, 0.3) is 0 Å². The molecule has 0 aromatic rings. The second-order valence-electron chi connectivity index (χ2n) is 5.08. The van der Waals surface area contributed by atoms with E-state index in [0.717, 1.165) is 0 Å². The number of hydrogen-bond donors (Lipinski definition) is 1. The van der Waals surface area contributed by atoms with Crippen molar-refractivity contribution in [1.29, 1.82) is 0 Å². The van der Waals surface area contributed by atoms with Crippen molar-refractivity contribution in [2.45, 2.75) is 46.6 Å². The Labute approximate surface area is 89.1 Å². The fourth-order valence-electron chi connectivity index (χ4n) is 2.32. The Morgan fingerprint density at radius 3 is 2.43 bits per heavy atom. The van der Waals surface area contributed by atoms with Gasteiger partial charge in [0.2, 0.25) is 0 Å². The van der Waals surface area contributed by atoms with E-state index in [9.17, 15) is 0 Å². The van der Waals surface area contributed by atoms with Gasteiger partial charge < -0.3 is 10.2 Å². The molecule has 1 saturated heterocycles. The van der Waals surface area contributed by atoms with Crippen molar-refractivity contribution in [1.82, 2.24) is 10.2 Å². The molecule has 14 heavy (non-hydrogen) atoms. The zero-order valence-electron chi connectivity index (χ0n) is 10.3. The van der Waals surface area contributed by atoms with E-state index in [0.29, 0.717) is 11.5 Å². The maximum Gasteiger partial charge on any atom is 0.0246 e. The van der Waals surface area contributed by atoms with Gasteiger partial charge >= 0.3 is 0 Å². The van der Waals surface area contributed by atoms with Crippen molar-refractivity contribution in [2.24, 2.45) is 5.41 Å². The highest BCUT2D eigenvalue weighted by Crippen LogP contribution is 2.30. The Morgan fingerprint density at radius 2 is 1.93 bits per heavy atom. The lowest BCUT2D eigenvalue weighted by Gasteiger charge is -2.41. The quantitative estimate of drug-likeness (QED) is 0.744. The minimum Gasteiger partial charge on any atom is -0.312 e. The average Bonchev–Trinajstić information content (AvgIpc) is 2.16. The third-order valence-corrected chi connectivity index (χ3v) is 3.67. The van der Waals surface area contributed by atoms with Crippen LogP contribution in [-0.2, 0) is 0 Å². The molecule has 1 atom stereocenters. The highest BCUT2D eigenvalue weighted by atomic mass is 15.1. The molecule has 0 spiro atoms. The van der Waals surface area contributed by atoms with Crippen molar-refractivity contribution in [3.05, 3.63) is 0 Å². The molecule has 1 heterocycles. The van der Waals surface area contributed by atoms with E-state index in [4.69, 9.17) is 0 Å². The van der Waals surface area contributed by atoms with E-state index < -0.39 is 0 Å². The van der Waals surface area contributed by atoms with Crippen molar-refractivity contribution in [2.75, 3.05) is 26.2 Å². The Hall–Kier alpha value is -0.0800. The van der Waals surface area contributed by atoms with Gasteiger partial charge in [-0.25, -0.2) is 0 Å². The third kappa shape index (κ3) is 2.96. The standard InChI is InChI=1S/C12H26N2/c1-5-14(6-2)10-11-12(3,4)8-7-9-13-11/h11,13H,5-10H2,1-4H3. The number of nitrogens with one attached hydrogen (secondary N) is 1. The number of nitrogens with zero attached hydrogens (tertiary/aromatic N) is 1. The summed E-state index contributed by atoms with van der Waals surface area (Å²) in [5.41, 5.74) is 0.473. The summed E-state index contributed by atoms with van der Waals surface area (Å²) >= 11 is 0. The molecule has 1 unspecified atom stereocenters. The first-order valence-electron chi connectivity index (χ1n) is 6.06. The fourth-order valence-corrected chi connectivity index (χ4v) is 2.32. The first kappa shape index (κ1) is 12.0. The molecule has 1 N–H and O–H groups in total. The smallest absolute Gasteiger partial charge is 0.0246 e. The molecule has 2 heteroatoms.